The molecule has 5 aliphatic heterocycles. The average Bonchev–Trinajstić information content (AvgIpc) is 1.37. The number of carboxylic acid groups (broad SMARTS) is 1. The van der Waals surface area contributed by atoms with Gasteiger partial charge in [0.05, 0.1) is 80.2 Å². The van der Waals surface area contributed by atoms with Crippen LogP contribution in [0.4, 0.5) is 16.3 Å². The molecule has 10 rings (SSSR count). The third kappa shape index (κ3) is 23.2. The molecular weight excluding hydrogens is 1530 g/mol. The number of nitrogens with zero attached hydrogens (tertiary/aromatic N) is 4. The summed E-state index contributed by atoms with van der Waals surface area (Å²) in [4.78, 5) is 98.2. The minimum absolute atomic E-state index is 0.00597. The number of ether oxygens (including phenoxy) is 8. The van der Waals surface area contributed by atoms with Gasteiger partial charge in [-0.1, -0.05) is 69.2 Å². The van der Waals surface area contributed by atoms with E-state index >= 15 is 0 Å². The Bertz CT molecular complexity index is 4450. The highest BCUT2D eigenvalue weighted by molar-refractivity contribution is 8.77. The van der Waals surface area contributed by atoms with Crippen LogP contribution in [0.15, 0.2) is 42.9 Å². The third-order valence-corrected chi connectivity index (χ3v) is 27.1. The summed E-state index contributed by atoms with van der Waals surface area (Å²) in [5.41, 5.74) is 15.6. The molecule has 7 heterocycles. The first-order chi connectivity index (χ1) is 51.2. The highest BCUT2D eigenvalue weighted by atomic mass is 33.1. The van der Waals surface area contributed by atoms with Gasteiger partial charge >= 0.3 is 41.5 Å². The minimum Gasteiger partial charge on any atom is -0.478 e. The van der Waals surface area contributed by atoms with Crippen LogP contribution in [0.3, 0.4) is 0 Å². The molecule has 3 unspecified atom stereocenters. The number of aromatic carboxylic acids is 1. The Morgan fingerprint density at radius 3 is 2.42 bits per heavy atom. The summed E-state index contributed by atoms with van der Waals surface area (Å²) in [6.07, 6.45) is 9.67. The molecule has 1 fully saturated rings. The van der Waals surface area contributed by atoms with Gasteiger partial charge < -0.3 is 83.5 Å². The number of amides is 1. The average molecular weight is 1620 g/mol. The van der Waals surface area contributed by atoms with Gasteiger partial charge in [-0.25, -0.2) is 37.8 Å². The van der Waals surface area contributed by atoms with Crippen LogP contribution < -0.4 is 36.3 Å². The maximum atomic E-state index is 14.0. The molecule has 3 aromatic carbocycles. The number of esters is 1. The Morgan fingerprint density at radius 2 is 1.64 bits per heavy atom. The fraction of sp³-hybridized carbons (Fsp3) is 0.557. The zero-order valence-electron chi connectivity index (χ0n) is 60.1. The van der Waals surface area contributed by atoms with Gasteiger partial charge in [-0.3, -0.25) is 14.1 Å². The van der Waals surface area contributed by atoms with Crippen molar-refractivity contribution in [2.45, 2.75) is 154 Å². The fourth-order valence-electron chi connectivity index (χ4n) is 13.3. The molecule has 0 radical (unpaired) electrons. The second-order valence-corrected chi connectivity index (χ2v) is 37.0. The van der Waals surface area contributed by atoms with Crippen LogP contribution in [0, 0.1) is 11.8 Å². The highest BCUT2D eigenvalue weighted by Crippen LogP contribution is 2.66. The monoisotopic (exact) mass is 1620 g/mol. The molecule has 37 heteroatoms. The summed E-state index contributed by atoms with van der Waals surface area (Å²) in [7, 11) is -14.3. The SMILES string of the molecule is CCCc1c2c(cc3c1Oc1c4c5c(cc1=C3c1cc(C(=O)CCCOCCOCCNC(=O)OCCC(C)(C)SSCOCCCCOC(=O)CCC#Cc3cn([C@H]6C[C@H](OCS(=S)CC)[C@@H](COP(=O)(O)OP(=O)(O)OP(=O)(O)O)O6)c6ncnc(N)c36)ccc1C(=O)O)CCC[N+]=5CCC4)CCCN2. The first-order valence-corrected chi connectivity index (χ1v) is 45.0. The number of nitrogen functional groups attached to an aromatic ring is 1. The third-order valence-electron chi connectivity index (χ3n) is 18.2. The van der Waals surface area contributed by atoms with Crippen LogP contribution in [0.2, 0.25) is 0 Å². The summed E-state index contributed by atoms with van der Waals surface area (Å²) in [5, 5.41) is 19.7. The largest absolute Gasteiger partial charge is 0.490 e. The summed E-state index contributed by atoms with van der Waals surface area (Å²) in [5.74, 6) is 7.20. The number of Topliss-reactive ketones (excluding diaryl/α,β-unsaturated/α-hetero) is 1. The van der Waals surface area contributed by atoms with Gasteiger partial charge in [-0.15, -0.1) is 0 Å². The van der Waals surface area contributed by atoms with Crippen molar-refractivity contribution in [3.8, 4) is 23.3 Å². The number of carbonyl (C=O) groups is 4. The Kier molecular flexibility index (Phi) is 30.5. The van der Waals surface area contributed by atoms with Crippen LogP contribution in [0.5, 0.6) is 11.5 Å². The summed E-state index contributed by atoms with van der Waals surface area (Å²) in [6.45, 7) is 12.5. The number of hydrogen-bond donors (Lipinski definition) is 8. The fourth-order valence-corrected chi connectivity index (χ4v) is 19.2. The molecule has 0 bridgehead atoms. The van der Waals surface area contributed by atoms with E-state index in [0.29, 0.717) is 84.9 Å². The summed E-state index contributed by atoms with van der Waals surface area (Å²) < 4.78 is 99.4. The molecule has 6 atom stereocenters. The maximum absolute atomic E-state index is 14.0. The van der Waals surface area contributed by atoms with Crippen molar-refractivity contribution in [1.29, 1.82) is 0 Å². The van der Waals surface area contributed by atoms with Crippen LogP contribution in [0.25, 0.3) is 16.6 Å². The molecule has 584 valence electrons. The molecule has 9 N–H and O–H groups in total. The number of carboxylic acids is 1. The second kappa shape index (κ2) is 39.0. The molecule has 2 aromatic heterocycles. The van der Waals surface area contributed by atoms with Gasteiger partial charge in [-0.2, -0.15) is 8.62 Å². The number of aromatic nitrogens is 3. The van der Waals surface area contributed by atoms with E-state index < -0.39 is 76.0 Å². The molecule has 5 aliphatic rings. The maximum Gasteiger partial charge on any atom is 0.490 e. The van der Waals surface area contributed by atoms with Crippen molar-refractivity contribution in [1.82, 2.24) is 24.4 Å². The van der Waals surface area contributed by atoms with Crippen molar-refractivity contribution in [2.24, 2.45) is 0 Å². The number of hydrogen-bond acceptors (Lipinski definition) is 25. The first-order valence-electron chi connectivity index (χ1n) is 35.7. The van der Waals surface area contributed by atoms with E-state index in [9.17, 15) is 47.8 Å². The van der Waals surface area contributed by atoms with Gasteiger partial charge in [0.25, 0.3) is 0 Å². The number of ketones is 1. The molecule has 1 saturated heterocycles. The molecule has 30 nitrogen and oxygen atoms in total. The van der Waals surface area contributed by atoms with E-state index in [1.807, 2.05) is 6.92 Å². The Labute approximate surface area is 635 Å². The summed E-state index contributed by atoms with van der Waals surface area (Å²) in [6, 6.07) is 9.40. The molecule has 5 aromatic rings. The van der Waals surface area contributed by atoms with E-state index in [1.165, 1.54) is 28.4 Å². The number of alkyl carbamates (subject to hydrolysis) is 1. The number of phosphoric ester groups is 1. The predicted octanol–water partition coefficient (Wildman–Crippen LogP) is 9.23. The van der Waals surface area contributed by atoms with Gasteiger partial charge in [-0.05, 0) is 124 Å². The number of fused-ring (bicyclic) bond motifs is 5. The molecule has 0 aliphatic carbocycles. The Morgan fingerprint density at radius 1 is 0.879 bits per heavy atom. The first kappa shape index (κ1) is 83.7. The van der Waals surface area contributed by atoms with Crippen molar-refractivity contribution in [2.75, 3.05) is 108 Å². The van der Waals surface area contributed by atoms with Gasteiger partial charge in [0.15, 0.2) is 5.78 Å². The molecule has 1 amide bonds. The number of unbranched alkanes of at least 4 members (excludes halogenated alkanes) is 1. The molecule has 107 heavy (non-hydrogen) atoms. The van der Waals surface area contributed by atoms with E-state index in [0.717, 1.165) is 110 Å². The minimum atomic E-state index is -5.77. The van der Waals surface area contributed by atoms with Crippen molar-refractivity contribution >= 4 is 118 Å². The lowest BCUT2D eigenvalue weighted by Gasteiger charge is -2.31. The number of nitrogens with one attached hydrogen (secondary N) is 2. The number of benzene rings is 3. The smallest absolute Gasteiger partial charge is 0.478 e. The number of carbonyl (C=O) groups excluding carboxylic acids is 3. The zero-order valence-corrected chi connectivity index (χ0v) is 66.1. The summed E-state index contributed by atoms with van der Waals surface area (Å²) >= 11 is 5.41. The van der Waals surface area contributed by atoms with E-state index in [-0.39, 0.29) is 86.5 Å². The van der Waals surface area contributed by atoms with E-state index in [1.54, 1.807) is 50.6 Å². The lowest BCUT2D eigenvalue weighted by molar-refractivity contribution is -0.143. The van der Waals surface area contributed by atoms with Crippen LogP contribution in [0.1, 0.15) is 171 Å². The molecule has 0 spiro atoms. The predicted molar refractivity (Wildman–Crippen MR) is 406 cm³/mol. The normalized spacial score (nSPS) is 18.1. The second-order valence-electron chi connectivity index (χ2n) is 26.5. The van der Waals surface area contributed by atoms with Gasteiger partial charge in [0.1, 0.15) is 60.7 Å². The van der Waals surface area contributed by atoms with Gasteiger partial charge in [0, 0.05) is 108 Å². The van der Waals surface area contributed by atoms with Crippen molar-refractivity contribution in [3.05, 3.63) is 104 Å². The van der Waals surface area contributed by atoms with Crippen molar-refractivity contribution in [3.63, 3.8) is 0 Å². The standard InChI is InChI=1S/C70H92N7O23P3S4/c1-5-15-50-62-46(17-11-25-72-62)37-53-61(54-38-47-18-12-27-76-28-13-19-51(63(47)76)65(54)98-64(50)53)52-36-45(22-23-49(52)68(80)81)55(78)20-14-30-90-34-35-91-33-26-73-69(82)94-32-24-70(3,4)106-105-43-92-29-9-10-31-93-59(79)21-8-7-16-48-40-77(67-60(48)66(71)74-42-75-67)58-39-56(95-44-107(104)6-2)57(97-58)41-96-102(86,87)100-103(88,89)99-101(83,84)85/h22-23,36-38,40,42,56-58H,5-6,8-15,17-21,24-35,39,41,43-44H2,1-4H3,(H8,71,73,74,75,80,81,82,83,84,85,86,87,88,89)/p+1/t56-,57+,58+,107?/m0/s1. The van der Waals surface area contributed by atoms with Crippen LogP contribution >= 0.6 is 45.1 Å². The quantitative estimate of drug-likeness (QED) is 0.00259. The highest BCUT2D eigenvalue weighted by Gasteiger charge is 2.44. The lowest BCUT2D eigenvalue weighted by Crippen LogP contribution is -2.45. The topological polar surface area (TPSA) is 406 Å². The number of rotatable bonds is 41. The Balaban J connectivity index is 0.576. The Hall–Kier alpha value is -5.73. The molecule has 0 saturated carbocycles. The number of nitrogens with two attached hydrogens (primary N) is 1. The van der Waals surface area contributed by atoms with E-state index in [2.05, 4.69) is 78.5 Å². The number of aryl methyl sites for hydroxylation is 2. The van der Waals surface area contributed by atoms with Crippen LogP contribution in [-0.2, 0) is 111 Å². The number of phosphoric acid groups is 3. The number of anilines is 2. The van der Waals surface area contributed by atoms with Crippen molar-refractivity contribution < 1.29 is 109 Å². The zero-order chi connectivity index (χ0) is 76.5. The van der Waals surface area contributed by atoms with E-state index in [4.69, 9.17) is 69.1 Å². The lowest BCUT2D eigenvalue weighted by atomic mass is 9.82. The van der Waals surface area contributed by atoms with Crippen LogP contribution in [-0.4, -0.2) is 177 Å². The molecular formula is C70H93N7O23P3S4+. The van der Waals surface area contributed by atoms with Gasteiger partial charge in [0.2, 0.25) is 5.36 Å².